The van der Waals surface area contributed by atoms with Crippen molar-refractivity contribution in [3.63, 3.8) is 0 Å². The fourth-order valence-electron chi connectivity index (χ4n) is 3.44. The molecule has 2 aromatic rings. The number of benzene rings is 2. The Kier molecular flexibility index (Phi) is 3.69. The van der Waals surface area contributed by atoms with Gasteiger partial charge < -0.3 is 5.73 Å². The molecular formula is C21H29N3. The third-order valence-electron chi connectivity index (χ3n) is 5.14. The first-order valence-electron chi connectivity index (χ1n) is 8.55. The molecule has 3 nitrogen and oxygen atoms in total. The predicted molar refractivity (Wildman–Crippen MR) is 102 cm³/mol. The molecule has 0 heterocycles. The van der Waals surface area contributed by atoms with Crippen LogP contribution in [0, 0.1) is 0 Å². The van der Waals surface area contributed by atoms with E-state index in [0.717, 1.165) is 11.1 Å². The van der Waals surface area contributed by atoms with Crippen LogP contribution in [0.2, 0.25) is 0 Å². The predicted octanol–water partition coefficient (Wildman–Crippen LogP) is 3.89. The summed E-state index contributed by atoms with van der Waals surface area (Å²) in [7, 11) is 0. The molecule has 0 saturated heterocycles. The summed E-state index contributed by atoms with van der Waals surface area (Å²) in [5.74, 6) is 5.94. The average Bonchev–Trinajstić information content (AvgIpc) is 2.75. The molecule has 0 bridgehead atoms. The summed E-state index contributed by atoms with van der Waals surface area (Å²) in [6.07, 6.45) is 0. The Hall–Kier alpha value is -1.68. The molecule has 24 heavy (non-hydrogen) atoms. The average molecular weight is 323 g/mol. The zero-order valence-corrected chi connectivity index (χ0v) is 15.6. The van der Waals surface area contributed by atoms with E-state index in [1.54, 1.807) is 0 Å². The van der Waals surface area contributed by atoms with Gasteiger partial charge in [-0.05, 0) is 33.1 Å². The first-order chi connectivity index (χ1) is 11.0. The molecular weight excluding hydrogens is 294 g/mol. The van der Waals surface area contributed by atoms with Gasteiger partial charge in [0, 0.05) is 11.1 Å². The highest BCUT2D eigenvalue weighted by atomic mass is 15.3. The van der Waals surface area contributed by atoms with E-state index in [1.165, 1.54) is 22.3 Å². The van der Waals surface area contributed by atoms with Crippen LogP contribution in [0.3, 0.4) is 0 Å². The molecule has 3 heteroatoms. The Labute approximate surface area is 145 Å². The van der Waals surface area contributed by atoms with E-state index >= 15 is 0 Å². The van der Waals surface area contributed by atoms with E-state index in [-0.39, 0.29) is 10.8 Å². The van der Waals surface area contributed by atoms with Crippen LogP contribution in [0.1, 0.15) is 63.8 Å². The van der Waals surface area contributed by atoms with Crippen LogP contribution in [0.5, 0.6) is 0 Å². The van der Waals surface area contributed by atoms with Crippen molar-refractivity contribution in [1.82, 2.24) is 5.43 Å². The highest BCUT2D eigenvalue weighted by molar-refractivity contribution is 5.81. The number of fused-ring (bicyclic) bond motifs is 3. The van der Waals surface area contributed by atoms with E-state index < -0.39 is 5.66 Å². The van der Waals surface area contributed by atoms with Crippen LogP contribution in [-0.2, 0) is 16.5 Å². The van der Waals surface area contributed by atoms with Gasteiger partial charge >= 0.3 is 0 Å². The van der Waals surface area contributed by atoms with Crippen LogP contribution in [0.25, 0.3) is 11.1 Å². The minimum absolute atomic E-state index is 0.0654. The summed E-state index contributed by atoms with van der Waals surface area (Å²) in [4.78, 5) is 0. The van der Waals surface area contributed by atoms with Crippen molar-refractivity contribution in [2.75, 3.05) is 0 Å². The van der Waals surface area contributed by atoms with Gasteiger partial charge in [-0.3, -0.25) is 5.84 Å². The molecule has 2 aromatic carbocycles. The third-order valence-corrected chi connectivity index (χ3v) is 5.14. The van der Waals surface area contributed by atoms with Crippen molar-refractivity contribution >= 4 is 0 Å². The quantitative estimate of drug-likeness (QED) is 0.424. The van der Waals surface area contributed by atoms with E-state index in [9.17, 15) is 0 Å². The lowest BCUT2D eigenvalue weighted by Gasteiger charge is -2.29. The maximum Gasteiger partial charge on any atom is 0.132 e. The first-order valence-corrected chi connectivity index (χ1v) is 8.55. The smallest absolute Gasteiger partial charge is 0.132 e. The van der Waals surface area contributed by atoms with Gasteiger partial charge in [0.2, 0.25) is 0 Å². The molecule has 0 aromatic heterocycles. The second-order valence-electron chi connectivity index (χ2n) is 8.97. The number of hydrogen-bond acceptors (Lipinski definition) is 3. The summed E-state index contributed by atoms with van der Waals surface area (Å²) in [5, 5.41) is 0. The van der Waals surface area contributed by atoms with Crippen molar-refractivity contribution in [2.24, 2.45) is 11.6 Å². The molecule has 0 atom stereocenters. The van der Waals surface area contributed by atoms with E-state index in [0.29, 0.717) is 0 Å². The zero-order valence-electron chi connectivity index (χ0n) is 15.6. The summed E-state index contributed by atoms with van der Waals surface area (Å²) in [5.41, 5.74) is 15.9. The van der Waals surface area contributed by atoms with Gasteiger partial charge in [-0.2, -0.15) is 0 Å². The summed E-state index contributed by atoms with van der Waals surface area (Å²) < 4.78 is 0. The van der Waals surface area contributed by atoms with Crippen molar-refractivity contribution in [3.8, 4) is 11.1 Å². The molecule has 0 spiro atoms. The Morgan fingerprint density at radius 1 is 0.750 bits per heavy atom. The van der Waals surface area contributed by atoms with Crippen molar-refractivity contribution in [1.29, 1.82) is 0 Å². The molecule has 0 unspecified atom stereocenters. The van der Waals surface area contributed by atoms with Gasteiger partial charge in [0.05, 0.1) is 0 Å². The lowest BCUT2D eigenvalue weighted by Crippen LogP contribution is -2.53. The van der Waals surface area contributed by atoms with Crippen molar-refractivity contribution in [3.05, 3.63) is 58.7 Å². The molecule has 128 valence electrons. The van der Waals surface area contributed by atoms with Gasteiger partial charge in [0.15, 0.2) is 0 Å². The van der Waals surface area contributed by atoms with Crippen molar-refractivity contribution < 1.29 is 0 Å². The fraction of sp³-hybridized carbons (Fsp3) is 0.429. The summed E-state index contributed by atoms with van der Waals surface area (Å²) >= 11 is 0. The molecule has 1 aliphatic carbocycles. The highest BCUT2D eigenvalue weighted by Gasteiger charge is 2.40. The normalized spacial score (nSPS) is 16.0. The number of nitrogens with two attached hydrogens (primary N) is 2. The standard InChI is InChI=1S/C21H29N3/c1-19(2,3)13-7-9-15-16-10-8-14(20(4,5)6)12-18(16)21(22,24-23)17(15)11-13/h7-12,24H,22-23H2,1-6H3. The molecule has 0 saturated carbocycles. The van der Waals surface area contributed by atoms with Crippen LogP contribution in [-0.4, -0.2) is 0 Å². The maximum atomic E-state index is 6.77. The second kappa shape index (κ2) is 5.16. The third kappa shape index (κ3) is 2.48. The fourth-order valence-corrected chi connectivity index (χ4v) is 3.44. The molecule has 0 radical (unpaired) electrons. The van der Waals surface area contributed by atoms with E-state index in [2.05, 4.69) is 83.4 Å². The minimum Gasteiger partial charge on any atom is -0.305 e. The molecule has 1 aliphatic rings. The van der Waals surface area contributed by atoms with Crippen LogP contribution >= 0.6 is 0 Å². The number of rotatable bonds is 1. The lowest BCUT2D eigenvalue weighted by molar-refractivity contribution is 0.434. The van der Waals surface area contributed by atoms with Crippen molar-refractivity contribution in [2.45, 2.75) is 58.0 Å². The van der Waals surface area contributed by atoms with Gasteiger partial charge in [-0.15, -0.1) is 0 Å². The highest BCUT2D eigenvalue weighted by Crippen LogP contribution is 2.46. The number of nitrogens with one attached hydrogen (secondary N) is 1. The van der Waals surface area contributed by atoms with E-state index in [1.807, 2.05) is 0 Å². The van der Waals surface area contributed by atoms with Gasteiger partial charge in [0.25, 0.3) is 0 Å². The monoisotopic (exact) mass is 323 g/mol. The van der Waals surface area contributed by atoms with E-state index in [4.69, 9.17) is 11.6 Å². The first kappa shape index (κ1) is 17.2. The number of hydrazine groups is 1. The molecule has 3 rings (SSSR count). The minimum atomic E-state index is -0.854. The van der Waals surface area contributed by atoms with Crippen LogP contribution in [0.4, 0.5) is 0 Å². The Bertz CT molecular complexity index is 728. The Morgan fingerprint density at radius 2 is 1.12 bits per heavy atom. The topological polar surface area (TPSA) is 64.1 Å². The van der Waals surface area contributed by atoms with Crippen LogP contribution < -0.4 is 17.0 Å². The Balaban J connectivity index is 2.25. The van der Waals surface area contributed by atoms with Gasteiger partial charge in [0.1, 0.15) is 5.66 Å². The lowest BCUT2D eigenvalue weighted by atomic mass is 9.83. The molecule has 0 fully saturated rings. The Morgan fingerprint density at radius 3 is 1.42 bits per heavy atom. The number of hydrogen-bond donors (Lipinski definition) is 3. The second-order valence-corrected chi connectivity index (χ2v) is 8.97. The zero-order chi connectivity index (χ0) is 17.9. The molecule has 5 N–H and O–H groups in total. The van der Waals surface area contributed by atoms with Gasteiger partial charge in [-0.1, -0.05) is 77.9 Å². The largest absolute Gasteiger partial charge is 0.305 e. The molecule has 0 amide bonds. The SMILES string of the molecule is CC(C)(C)c1ccc2c(c1)C(N)(NN)c1cc(C(C)(C)C)ccc1-2. The van der Waals surface area contributed by atoms with Gasteiger partial charge in [-0.25, -0.2) is 5.43 Å². The summed E-state index contributed by atoms with van der Waals surface area (Å²) in [6.45, 7) is 13.3. The molecule has 0 aliphatic heterocycles. The maximum absolute atomic E-state index is 6.77. The van der Waals surface area contributed by atoms with Crippen LogP contribution in [0.15, 0.2) is 36.4 Å². The summed E-state index contributed by atoms with van der Waals surface area (Å²) in [6, 6.07) is 13.2.